The van der Waals surface area contributed by atoms with Crippen molar-refractivity contribution in [2.75, 3.05) is 9.80 Å². The van der Waals surface area contributed by atoms with Gasteiger partial charge in [0.25, 0.3) is 0 Å². The van der Waals surface area contributed by atoms with E-state index in [0.29, 0.717) is 22.9 Å². The summed E-state index contributed by atoms with van der Waals surface area (Å²) in [5, 5.41) is 0. The molecule has 0 N–H and O–H groups in total. The monoisotopic (exact) mass is 874 g/mol. The summed E-state index contributed by atoms with van der Waals surface area (Å²) < 4.78 is 13.0. The lowest BCUT2D eigenvalue weighted by atomic mass is 10.0. The molecule has 2 aromatic heterocycles. The third kappa shape index (κ3) is 7.76. The number of fused-ring (bicyclic) bond motifs is 2. The summed E-state index contributed by atoms with van der Waals surface area (Å²) in [7, 11) is 0. The molecule has 0 aliphatic carbocycles. The number of anilines is 6. The van der Waals surface area contributed by atoms with Gasteiger partial charge in [-0.1, -0.05) is 146 Å². The quantitative estimate of drug-likeness (QED) is 0.129. The Bertz CT molecular complexity index is 3380. The van der Waals surface area contributed by atoms with Crippen LogP contribution in [0.25, 0.3) is 78.5 Å². The second-order valence-electron chi connectivity index (χ2n) is 16.6. The number of oxazole rings is 2. The van der Waals surface area contributed by atoms with Gasteiger partial charge in [0.2, 0.25) is 11.8 Å². The molecular weight excluding hydrogens is 833 g/mol. The predicted molar refractivity (Wildman–Crippen MR) is 278 cm³/mol. The smallest absolute Gasteiger partial charge is 0.227 e. The summed E-state index contributed by atoms with van der Waals surface area (Å²) in [6.45, 7) is 0. The average molecular weight is 875 g/mol. The van der Waals surface area contributed by atoms with Crippen LogP contribution in [0.3, 0.4) is 0 Å². The molecular formula is C62H42N4O2. The van der Waals surface area contributed by atoms with Crippen LogP contribution in [0.2, 0.25) is 0 Å². The summed E-state index contributed by atoms with van der Waals surface area (Å²) in [6, 6.07) is 88.0. The van der Waals surface area contributed by atoms with Gasteiger partial charge in [-0.2, -0.15) is 0 Å². The maximum absolute atomic E-state index is 6.48. The van der Waals surface area contributed by atoms with E-state index in [2.05, 4.69) is 216 Å². The highest BCUT2D eigenvalue weighted by Crippen LogP contribution is 2.41. The van der Waals surface area contributed by atoms with Crippen molar-refractivity contribution in [1.82, 2.24) is 9.97 Å². The molecule has 10 aromatic carbocycles. The molecule has 12 rings (SSSR count). The van der Waals surface area contributed by atoms with E-state index < -0.39 is 0 Å². The van der Waals surface area contributed by atoms with Gasteiger partial charge in [-0.25, -0.2) is 9.97 Å². The molecule has 0 bridgehead atoms. The van der Waals surface area contributed by atoms with E-state index in [-0.39, 0.29) is 0 Å². The number of hydrogen-bond acceptors (Lipinski definition) is 6. The highest BCUT2D eigenvalue weighted by molar-refractivity contribution is 6.01. The fraction of sp³-hybridized carbons (Fsp3) is 0. The Labute approximate surface area is 394 Å². The molecule has 0 saturated heterocycles. The second-order valence-corrected chi connectivity index (χ2v) is 16.6. The third-order valence-corrected chi connectivity index (χ3v) is 12.4. The van der Waals surface area contributed by atoms with Gasteiger partial charge in [-0.15, -0.1) is 0 Å². The molecule has 0 amide bonds. The lowest BCUT2D eigenvalue weighted by molar-refractivity contribution is 0.619. The Morgan fingerprint density at radius 2 is 0.515 bits per heavy atom. The Kier molecular flexibility index (Phi) is 10.4. The minimum Gasteiger partial charge on any atom is -0.436 e. The van der Waals surface area contributed by atoms with Crippen LogP contribution >= 0.6 is 0 Å². The zero-order valence-electron chi connectivity index (χ0n) is 36.9. The van der Waals surface area contributed by atoms with E-state index >= 15 is 0 Å². The summed E-state index contributed by atoms with van der Waals surface area (Å²) in [5.74, 6) is 1.09. The molecule has 0 unspecified atom stereocenters. The summed E-state index contributed by atoms with van der Waals surface area (Å²) in [4.78, 5) is 14.7. The zero-order valence-corrected chi connectivity index (χ0v) is 36.9. The molecule has 0 fully saturated rings. The molecule has 0 atom stereocenters. The van der Waals surface area contributed by atoms with Gasteiger partial charge in [0.15, 0.2) is 11.2 Å². The van der Waals surface area contributed by atoms with Crippen molar-refractivity contribution < 1.29 is 8.83 Å². The fourth-order valence-electron chi connectivity index (χ4n) is 9.00. The van der Waals surface area contributed by atoms with Gasteiger partial charge in [-0.05, 0) is 131 Å². The van der Waals surface area contributed by atoms with Crippen LogP contribution in [0.1, 0.15) is 0 Å². The van der Waals surface area contributed by atoms with Crippen molar-refractivity contribution in [3.05, 3.63) is 255 Å². The van der Waals surface area contributed by atoms with E-state index in [0.717, 1.165) is 67.4 Å². The summed E-state index contributed by atoms with van der Waals surface area (Å²) >= 11 is 0. The molecule has 0 radical (unpaired) electrons. The molecule has 0 aliphatic heterocycles. The first-order valence-electron chi connectivity index (χ1n) is 22.7. The number of aromatic nitrogens is 2. The van der Waals surface area contributed by atoms with E-state index in [1.54, 1.807) is 0 Å². The van der Waals surface area contributed by atoms with E-state index in [1.807, 2.05) is 48.5 Å². The second kappa shape index (κ2) is 17.6. The average Bonchev–Trinajstić information content (AvgIpc) is 4.07. The molecule has 322 valence electrons. The third-order valence-electron chi connectivity index (χ3n) is 12.4. The topological polar surface area (TPSA) is 58.5 Å². The first-order chi connectivity index (χ1) is 33.7. The van der Waals surface area contributed by atoms with Crippen LogP contribution in [-0.2, 0) is 0 Å². The maximum atomic E-state index is 6.48. The van der Waals surface area contributed by atoms with Gasteiger partial charge < -0.3 is 18.6 Å². The molecule has 6 nitrogen and oxygen atoms in total. The van der Waals surface area contributed by atoms with Crippen molar-refractivity contribution in [3.63, 3.8) is 0 Å². The minimum absolute atomic E-state index is 0.544. The van der Waals surface area contributed by atoms with Crippen molar-refractivity contribution in [1.29, 1.82) is 0 Å². The maximum Gasteiger partial charge on any atom is 0.227 e. The van der Waals surface area contributed by atoms with Gasteiger partial charge in [-0.3, -0.25) is 0 Å². The van der Waals surface area contributed by atoms with E-state index in [4.69, 9.17) is 18.8 Å². The molecule has 12 aromatic rings. The predicted octanol–water partition coefficient (Wildman–Crippen LogP) is 17.2. The highest BCUT2D eigenvalue weighted by atomic mass is 16.4. The Morgan fingerprint density at radius 3 is 0.853 bits per heavy atom. The normalized spacial score (nSPS) is 11.2. The number of benzene rings is 10. The van der Waals surface area contributed by atoms with Gasteiger partial charge >= 0.3 is 0 Å². The first-order valence-corrected chi connectivity index (χ1v) is 22.7. The van der Waals surface area contributed by atoms with Gasteiger partial charge in [0.1, 0.15) is 11.0 Å². The molecule has 2 heterocycles. The van der Waals surface area contributed by atoms with E-state index in [9.17, 15) is 0 Å². The SMILES string of the molecule is c1ccc(-c2ccc(N(c3ccccc3)c3ccc(-c4nc5c(-c6cccc7oc(-c8ccc(N(c9ccccc9)c9ccc(-c%10ccccc%10)cc9)cc8)nc67)cccc5o4)cc3)cc2)cc1. The largest absolute Gasteiger partial charge is 0.436 e. The van der Waals surface area contributed by atoms with Crippen molar-refractivity contribution >= 4 is 56.3 Å². The molecule has 0 saturated carbocycles. The Morgan fingerprint density at radius 1 is 0.235 bits per heavy atom. The summed E-state index contributed by atoms with van der Waals surface area (Å²) in [6.07, 6.45) is 0. The Hall–Kier alpha value is -9.26. The highest BCUT2D eigenvalue weighted by Gasteiger charge is 2.20. The molecule has 68 heavy (non-hydrogen) atoms. The van der Waals surface area contributed by atoms with Crippen LogP contribution in [0.4, 0.5) is 34.1 Å². The molecule has 0 aliphatic rings. The van der Waals surface area contributed by atoms with Crippen LogP contribution in [-0.4, -0.2) is 9.97 Å². The van der Waals surface area contributed by atoms with Gasteiger partial charge in [0.05, 0.1) is 0 Å². The Balaban J connectivity index is 0.835. The van der Waals surface area contributed by atoms with Crippen molar-refractivity contribution in [2.45, 2.75) is 0 Å². The zero-order chi connectivity index (χ0) is 45.2. The van der Waals surface area contributed by atoms with Crippen LogP contribution in [0.15, 0.2) is 264 Å². The van der Waals surface area contributed by atoms with Gasteiger partial charge in [0, 0.05) is 56.4 Å². The molecule has 0 spiro atoms. The number of para-hydroxylation sites is 4. The van der Waals surface area contributed by atoms with E-state index in [1.165, 1.54) is 22.3 Å². The van der Waals surface area contributed by atoms with Crippen molar-refractivity contribution in [3.8, 4) is 56.3 Å². The van der Waals surface area contributed by atoms with Crippen LogP contribution in [0, 0.1) is 0 Å². The van der Waals surface area contributed by atoms with Crippen LogP contribution < -0.4 is 9.80 Å². The lowest BCUT2D eigenvalue weighted by Gasteiger charge is -2.25. The standard InChI is InChI=1S/C62H42N4O2/c1-5-15-43(16-6-1)45-27-35-51(36-28-45)65(49-19-9-3-10-20-49)53-39-31-47(32-40-53)61-63-59-55(23-13-25-57(59)67-61)56-24-14-26-58-60(56)64-62(68-58)48-33-41-54(42-34-48)66(50-21-11-4-12-22-50)52-37-29-46(30-38-52)44-17-7-2-8-18-44/h1-42H. The fourth-order valence-corrected chi connectivity index (χ4v) is 9.00. The number of rotatable bonds is 11. The minimum atomic E-state index is 0.544. The van der Waals surface area contributed by atoms with Crippen LogP contribution in [0.5, 0.6) is 0 Å². The molecule has 6 heteroatoms. The van der Waals surface area contributed by atoms with Crippen molar-refractivity contribution in [2.24, 2.45) is 0 Å². The first kappa shape index (κ1) is 40.3. The lowest BCUT2D eigenvalue weighted by Crippen LogP contribution is -2.09. The number of hydrogen-bond donors (Lipinski definition) is 0. The summed E-state index contributed by atoms with van der Waals surface area (Å²) in [5.41, 5.74) is 17.5. The number of nitrogens with zero attached hydrogens (tertiary/aromatic N) is 4.